The smallest absolute Gasteiger partial charge is 0.249 e. The molecule has 0 N–H and O–H groups in total. The molecule has 0 spiro atoms. The maximum atomic E-state index is 12.5. The maximum Gasteiger partial charge on any atom is 0.249 e. The average Bonchev–Trinajstić information content (AvgIpc) is 2.98. The van der Waals surface area contributed by atoms with Gasteiger partial charge in [-0.3, -0.25) is 4.79 Å². The van der Waals surface area contributed by atoms with Gasteiger partial charge >= 0.3 is 0 Å². The molecule has 3 rings (SSSR count). The van der Waals surface area contributed by atoms with Gasteiger partial charge in [-0.15, -0.1) is 11.8 Å². The summed E-state index contributed by atoms with van der Waals surface area (Å²) in [6.45, 7) is 7.56. The third kappa shape index (κ3) is 5.13. The number of hydrogen-bond acceptors (Lipinski definition) is 4. The summed E-state index contributed by atoms with van der Waals surface area (Å²) in [5, 5.41) is 0. The van der Waals surface area contributed by atoms with Crippen molar-refractivity contribution in [3.63, 3.8) is 0 Å². The lowest BCUT2D eigenvalue weighted by Gasteiger charge is -2.06. The van der Waals surface area contributed by atoms with Gasteiger partial charge in [0, 0.05) is 30.7 Å². The van der Waals surface area contributed by atoms with E-state index in [2.05, 4.69) is 66.7 Å². The first-order valence-electron chi connectivity index (χ1n) is 9.34. The van der Waals surface area contributed by atoms with Crippen LogP contribution in [-0.2, 0) is 16.1 Å². The van der Waals surface area contributed by atoms with Crippen LogP contribution in [0, 0.1) is 20.8 Å². The molecule has 1 heterocycles. The van der Waals surface area contributed by atoms with Crippen molar-refractivity contribution in [2.45, 2.75) is 38.6 Å². The lowest BCUT2D eigenvalue weighted by molar-refractivity contribution is -0.117. The van der Waals surface area contributed by atoms with Crippen LogP contribution in [0.1, 0.15) is 23.1 Å². The molecule has 0 unspecified atom stereocenters. The quantitative estimate of drug-likeness (QED) is 0.517. The topological polar surface area (TPSA) is 43.6 Å². The fourth-order valence-electron chi connectivity index (χ4n) is 2.86. The molecule has 0 atom stereocenters. The molecule has 0 aliphatic carbocycles. The molecule has 0 radical (unpaired) electrons. The number of benzene rings is 2. The van der Waals surface area contributed by atoms with Crippen LogP contribution in [-0.4, -0.2) is 29.9 Å². The molecule has 2 aromatic carbocycles. The van der Waals surface area contributed by atoms with Crippen LogP contribution in [0.25, 0.3) is 10.2 Å². The summed E-state index contributed by atoms with van der Waals surface area (Å²) in [4.78, 5) is 18.8. The Hall–Kier alpha value is -1.89. The number of rotatable bonds is 7. The zero-order valence-corrected chi connectivity index (χ0v) is 18.5. The predicted octanol–water partition coefficient (Wildman–Crippen LogP) is 4.88. The van der Waals surface area contributed by atoms with Crippen molar-refractivity contribution in [1.29, 1.82) is 0 Å². The van der Waals surface area contributed by atoms with Crippen LogP contribution < -0.4 is 4.80 Å². The third-order valence-corrected chi connectivity index (χ3v) is 6.70. The van der Waals surface area contributed by atoms with Crippen molar-refractivity contribution in [3.05, 3.63) is 57.9 Å². The molecule has 3 aromatic rings. The SMILES string of the molecule is COCCn1c(=NC(=O)CCSc2ccc(C)cc2)sc2cc(C)c(C)cc21. The van der Waals surface area contributed by atoms with E-state index in [1.165, 1.54) is 21.6 Å². The zero-order chi connectivity index (χ0) is 20.1. The van der Waals surface area contributed by atoms with Crippen LogP contribution in [0.3, 0.4) is 0 Å². The fourth-order valence-corrected chi connectivity index (χ4v) is 4.85. The van der Waals surface area contributed by atoms with Gasteiger partial charge in [0.25, 0.3) is 0 Å². The minimum atomic E-state index is -0.0780. The van der Waals surface area contributed by atoms with Crippen molar-refractivity contribution >= 4 is 39.2 Å². The molecule has 4 nitrogen and oxygen atoms in total. The number of methoxy groups -OCH3 is 1. The molecule has 0 fully saturated rings. The Kier molecular flexibility index (Phi) is 7.10. The van der Waals surface area contributed by atoms with E-state index in [9.17, 15) is 4.79 Å². The summed E-state index contributed by atoms with van der Waals surface area (Å²) in [5.74, 6) is 0.651. The number of carbonyl (C=O) groups is 1. The summed E-state index contributed by atoms with van der Waals surface area (Å²) in [7, 11) is 1.69. The monoisotopic (exact) mass is 414 g/mol. The van der Waals surface area contributed by atoms with Gasteiger partial charge in [-0.25, -0.2) is 0 Å². The second kappa shape index (κ2) is 9.54. The zero-order valence-electron chi connectivity index (χ0n) is 16.8. The highest BCUT2D eigenvalue weighted by molar-refractivity contribution is 7.99. The minimum Gasteiger partial charge on any atom is -0.383 e. The highest BCUT2D eigenvalue weighted by Gasteiger charge is 2.10. The van der Waals surface area contributed by atoms with E-state index in [0.29, 0.717) is 19.6 Å². The first-order valence-corrected chi connectivity index (χ1v) is 11.1. The first kappa shape index (κ1) is 20.8. The normalized spacial score (nSPS) is 12.1. The first-order chi connectivity index (χ1) is 13.5. The Bertz CT molecular complexity index is 1030. The van der Waals surface area contributed by atoms with Crippen molar-refractivity contribution in [2.24, 2.45) is 4.99 Å². The standard InChI is InChI=1S/C22H26N2O2S2/c1-15-5-7-18(8-6-15)27-12-9-21(25)23-22-24(10-11-26-4)19-13-16(2)17(3)14-20(19)28-22/h5-8,13-14H,9-12H2,1-4H3. The van der Waals surface area contributed by atoms with Gasteiger partial charge in [0.2, 0.25) is 5.91 Å². The van der Waals surface area contributed by atoms with Gasteiger partial charge in [0.15, 0.2) is 4.80 Å². The molecule has 148 valence electrons. The second-order valence-electron chi connectivity index (χ2n) is 6.85. The Morgan fingerprint density at radius 3 is 2.57 bits per heavy atom. The summed E-state index contributed by atoms with van der Waals surface area (Å²) >= 11 is 3.26. The number of thiazole rings is 1. The predicted molar refractivity (Wildman–Crippen MR) is 118 cm³/mol. The molecule has 1 aromatic heterocycles. The minimum absolute atomic E-state index is 0.0780. The number of aryl methyl sites for hydroxylation is 3. The third-order valence-electron chi connectivity index (χ3n) is 4.64. The van der Waals surface area contributed by atoms with E-state index in [1.54, 1.807) is 30.2 Å². The second-order valence-corrected chi connectivity index (χ2v) is 9.03. The number of amides is 1. The molecule has 0 aliphatic heterocycles. The Balaban J connectivity index is 1.79. The highest BCUT2D eigenvalue weighted by Crippen LogP contribution is 2.22. The number of ether oxygens (including phenoxy) is 1. The van der Waals surface area contributed by atoms with E-state index < -0.39 is 0 Å². The molecule has 0 aliphatic rings. The van der Waals surface area contributed by atoms with Crippen molar-refractivity contribution < 1.29 is 9.53 Å². The highest BCUT2D eigenvalue weighted by atomic mass is 32.2. The number of aromatic nitrogens is 1. The number of fused-ring (bicyclic) bond motifs is 1. The maximum absolute atomic E-state index is 12.5. The van der Waals surface area contributed by atoms with Gasteiger partial charge in [-0.05, 0) is 56.2 Å². The fraction of sp³-hybridized carbons (Fsp3) is 0.364. The van der Waals surface area contributed by atoms with Crippen LogP contribution in [0.5, 0.6) is 0 Å². The molecule has 1 amide bonds. The average molecular weight is 415 g/mol. The van der Waals surface area contributed by atoms with Crippen LogP contribution in [0.15, 0.2) is 46.3 Å². The van der Waals surface area contributed by atoms with Crippen LogP contribution >= 0.6 is 23.1 Å². The largest absolute Gasteiger partial charge is 0.383 e. The molecule has 0 saturated heterocycles. The van der Waals surface area contributed by atoms with E-state index in [0.717, 1.165) is 20.8 Å². The summed E-state index contributed by atoms with van der Waals surface area (Å²) in [6.07, 6.45) is 0.426. The Morgan fingerprint density at radius 2 is 1.86 bits per heavy atom. The summed E-state index contributed by atoms with van der Waals surface area (Å²) < 4.78 is 8.50. The van der Waals surface area contributed by atoms with E-state index in [1.807, 2.05) is 0 Å². The van der Waals surface area contributed by atoms with Gasteiger partial charge in [-0.2, -0.15) is 4.99 Å². The number of carbonyl (C=O) groups excluding carboxylic acids is 1. The van der Waals surface area contributed by atoms with Crippen molar-refractivity contribution in [2.75, 3.05) is 19.5 Å². The Labute approximate surface area is 174 Å². The summed E-state index contributed by atoms with van der Waals surface area (Å²) in [5.41, 5.74) is 4.85. The van der Waals surface area contributed by atoms with Gasteiger partial charge in [0.1, 0.15) is 0 Å². The lowest BCUT2D eigenvalue weighted by atomic mass is 10.1. The van der Waals surface area contributed by atoms with E-state index >= 15 is 0 Å². The molecule has 0 bridgehead atoms. The Morgan fingerprint density at radius 1 is 1.14 bits per heavy atom. The summed E-state index contributed by atoms with van der Waals surface area (Å²) in [6, 6.07) is 12.7. The van der Waals surface area contributed by atoms with E-state index in [-0.39, 0.29) is 5.91 Å². The molecular formula is C22H26N2O2S2. The number of hydrogen-bond donors (Lipinski definition) is 0. The van der Waals surface area contributed by atoms with E-state index in [4.69, 9.17) is 4.74 Å². The lowest BCUT2D eigenvalue weighted by Crippen LogP contribution is -2.19. The van der Waals surface area contributed by atoms with Gasteiger partial charge < -0.3 is 9.30 Å². The van der Waals surface area contributed by atoms with Gasteiger partial charge in [0.05, 0.1) is 16.8 Å². The molecule has 0 saturated carbocycles. The number of nitrogens with zero attached hydrogens (tertiary/aromatic N) is 2. The van der Waals surface area contributed by atoms with Crippen molar-refractivity contribution in [1.82, 2.24) is 4.57 Å². The van der Waals surface area contributed by atoms with Gasteiger partial charge in [-0.1, -0.05) is 29.0 Å². The van der Waals surface area contributed by atoms with Crippen LogP contribution in [0.4, 0.5) is 0 Å². The van der Waals surface area contributed by atoms with Crippen LogP contribution in [0.2, 0.25) is 0 Å². The van der Waals surface area contributed by atoms with Crippen molar-refractivity contribution in [3.8, 4) is 0 Å². The molecular weight excluding hydrogens is 388 g/mol. The molecule has 6 heteroatoms. The number of thioether (sulfide) groups is 1. The molecule has 28 heavy (non-hydrogen) atoms.